The van der Waals surface area contributed by atoms with Gasteiger partial charge in [-0.05, 0) is 5.92 Å². The third-order valence-corrected chi connectivity index (χ3v) is 4.29. The minimum absolute atomic E-state index is 0. The summed E-state index contributed by atoms with van der Waals surface area (Å²) in [6.07, 6.45) is 0. The molecule has 0 radical (unpaired) electrons. The van der Waals surface area contributed by atoms with Crippen molar-refractivity contribution in [3.8, 4) is 0 Å². The van der Waals surface area contributed by atoms with Gasteiger partial charge >= 0.3 is 24.9 Å². The van der Waals surface area contributed by atoms with Crippen molar-refractivity contribution in [3.05, 3.63) is 16.1 Å². The van der Waals surface area contributed by atoms with Crippen LogP contribution in [-0.2, 0) is 11.3 Å². The number of carbonyl (C=O) groups is 2. The van der Waals surface area contributed by atoms with Crippen LogP contribution >= 0.6 is 11.3 Å². The molecule has 0 unspecified atom stereocenters. The minimum Gasteiger partial charge on any atom is -0.548 e. The van der Waals surface area contributed by atoms with Crippen LogP contribution < -0.4 is 29.3 Å². The monoisotopic (exact) mass is 319 g/mol. The number of likely N-dealkylation sites (N-methyl/N-ethyl adjacent to an activating group) is 1. The van der Waals surface area contributed by atoms with E-state index in [0.717, 1.165) is 15.6 Å². The first-order valence-electron chi connectivity index (χ1n) is 6.89. The van der Waals surface area contributed by atoms with Crippen molar-refractivity contribution in [3.63, 3.8) is 0 Å². The van der Waals surface area contributed by atoms with E-state index in [9.17, 15) is 14.7 Å². The maximum Gasteiger partial charge on any atom is 1.00 e. The maximum absolute atomic E-state index is 12.0. The number of carboxylic acids is 1. The van der Waals surface area contributed by atoms with E-state index in [0.29, 0.717) is 5.92 Å². The van der Waals surface area contributed by atoms with Crippen LogP contribution in [0.4, 0.5) is 4.79 Å². The number of urea groups is 1. The van der Waals surface area contributed by atoms with Crippen LogP contribution in [0.3, 0.4) is 0 Å². The van der Waals surface area contributed by atoms with Gasteiger partial charge in [0, 0.05) is 18.3 Å². The molecule has 1 N–H and O–H groups in total. The molecule has 22 heavy (non-hydrogen) atoms. The smallest absolute Gasteiger partial charge is 0.548 e. The Morgan fingerprint density at radius 2 is 1.95 bits per heavy atom. The predicted molar refractivity (Wildman–Crippen MR) is 79.8 cm³/mol. The summed E-state index contributed by atoms with van der Waals surface area (Å²) in [5, 5.41) is 16.7. The second-order valence-corrected chi connectivity index (χ2v) is 6.50. The summed E-state index contributed by atoms with van der Waals surface area (Å²) >= 11 is 1.55. The first-order valence-corrected chi connectivity index (χ1v) is 7.77. The fraction of sp³-hybridized carbons (Fsp3) is 0.643. The van der Waals surface area contributed by atoms with Crippen LogP contribution in [0.5, 0.6) is 0 Å². The van der Waals surface area contributed by atoms with Crippen LogP contribution in [0.2, 0.25) is 0 Å². The van der Waals surface area contributed by atoms with E-state index in [1.807, 2.05) is 5.38 Å². The number of hydrogen-bond acceptors (Lipinski definition) is 5. The Morgan fingerprint density at radius 3 is 2.36 bits per heavy atom. The average Bonchev–Trinajstić information content (AvgIpc) is 2.83. The molecular weight excluding hydrogens is 297 g/mol. The van der Waals surface area contributed by atoms with Gasteiger partial charge in [-0.25, -0.2) is 9.78 Å². The largest absolute Gasteiger partial charge is 1.00 e. The van der Waals surface area contributed by atoms with Gasteiger partial charge in [0.05, 0.1) is 29.3 Å². The Labute approximate surface area is 147 Å². The Bertz CT molecular complexity index is 505. The molecule has 6 nitrogen and oxygen atoms in total. The van der Waals surface area contributed by atoms with Gasteiger partial charge in [-0.15, -0.1) is 11.3 Å². The first-order chi connectivity index (χ1) is 9.73. The maximum atomic E-state index is 12.0. The van der Waals surface area contributed by atoms with E-state index < -0.39 is 18.0 Å². The van der Waals surface area contributed by atoms with Crippen LogP contribution in [0.1, 0.15) is 44.3 Å². The van der Waals surface area contributed by atoms with Crippen molar-refractivity contribution < 1.29 is 33.6 Å². The summed E-state index contributed by atoms with van der Waals surface area (Å²) in [6.45, 7) is 7.87. The second kappa shape index (κ2) is 9.18. The molecule has 0 aliphatic carbocycles. The molecule has 1 heterocycles. The third-order valence-electron chi connectivity index (χ3n) is 3.09. The predicted octanol–water partition coefficient (Wildman–Crippen LogP) is -1.81. The SMILES string of the molecule is CC(C)c1nc(CNC(=O)N(C)[C@H](C(=O)[O-])C(C)C)cs1.[Li+]. The Kier molecular flexibility index (Phi) is 8.75. The standard InChI is InChI=1S/C14H23N3O3S.Li/c1-8(2)11(13(18)19)17(5)14(20)15-6-10-7-21-12(16-10)9(3)4;/h7-9,11H,6H2,1-5H3,(H,15,20)(H,18,19);/q;+1/p-1/t11-;/m0./s1. The van der Waals surface area contributed by atoms with Crippen molar-refractivity contribution in [1.82, 2.24) is 15.2 Å². The van der Waals surface area contributed by atoms with Gasteiger partial charge in [0.2, 0.25) is 0 Å². The van der Waals surface area contributed by atoms with Gasteiger partial charge in [0.15, 0.2) is 0 Å². The van der Waals surface area contributed by atoms with Crippen molar-refractivity contribution in [2.75, 3.05) is 7.05 Å². The molecule has 1 aromatic rings. The summed E-state index contributed by atoms with van der Waals surface area (Å²) in [6, 6.07) is -1.40. The number of nitrogens with zero attached hydrogens (tertiary/aromatic N) is 2. The van der Waals surface area contributed by atoms with Gasteiger partial charge in [0.25, 0.3) is 0 Å². The molecule has 1 aromatic heterocycles. The number of thiazole rings is 1. The molecule has 1 atom stereocenters. The third kappa shape index (κ3) is 5.63. The molecule has 0 spiro atoms. The fourth-order valence-electron chi connectivity index (χ4n) is 1.96. The first kappa shape index (κ1) is 21.0. The molecule has 0 fully saturated rings. The molecule has 0 aromatic carbocycles. The summed E-state index contributed by atoms with van der Waals surface area (Å²) in [5.41, 5.74) is 0.778. The normalized spacial score (nSPS) is 12.0. The van der Waals surface area contributed by atoms with Gasteiger partial charge in [-0.2, -0.15) is 0 Å². The van der Waals surface area contributed by atoms with Crippen molar-refractivity contribution in [2.45, 2.75) is 46.2 Å². The molecule has 0 aliphatic rings. The van der Waals surface area contributed by atoms with E-state index >= 15 is 0 Å². The number of aromatic nitrogens is 1. The number of rotatable bonds is 6. The molecule has 0 saturated heterocycles. The number of nitrogens with one attached hydrogen (secondary N) is 1. The number of aliphatic carboxylic acids is 1. The van der Waals surface area contributed by atoms with Gasteiger partial charge in [-0.1, -0.05) is 27.7 Å². The molecule has 118 valence electrons. The van der Waals surface area contributed by atoms with Crippen LogP contribution in [0, 0.1) is 5.92 Å². The van der Waals surface area contributed by atoms with Crippen LogP contribution in [-0.4, -0.2) is 35.0 Å². The molecule has 0 saturated carbocycles. The fourth-order valence-corrected chi connectivity index (χ4v) is 2.80. The number of carbonyl (C=O) groups excluding carboxylic acids is 2. The molecule has 0 bridgehead atoms. The topological polar surface area (TPSA) is 85.4 Å². The quantitative estimate of drug-likeness (QED) is 0.626. The zero-order valence-electron chi connectivity index (χ0n) is 14.0. The van der Waals surface area contributed by atoms with Crippen LogP contribution in [0.25, 0.3) is 0 Å². The van der Waals surface area contributed by atoms with E-state index in [1.54, 1.807) is 25.2 Å². The zero-order chi connectivity index (χ0) is 16.2. The van der Waals surface area contributed by atoms with E-state index in [4.69, 9.17) is 0 Å². The van der Waals surface area contributed by atoms with Crippen molar-refractivity contribution in [2.24, 2.45) is 5.92 Å². The molecular formula is C14H22LiN3O3S. The summed E-state index contributed by atoms with van der Waals surface area (Å²) in [5.74, 6) is -1.12. The van der Waals surface area contributed by atoms with E-state index in [-0.39, 0.29) is 31.3 Å². The zero-order valence-corrected chi connectivity index (χ0v) is 14.9. The summed E-state index contributed by atoms with van der Waals surface area (Å²) in [7, 11) is 1.45. The van der Waals surface area contributed by atoms with Gasteiger partial charge < -0.3 is 20.1 Å². The Hall–Kier alpha value is -1.03. The van der Waals surface area contributed by atoms with E-state index in [2.05, 4.69) is 24.1 Å². The number of carboxylic acid groups (broad SMARTS) is 1. The molecule has 0 aliphatic heterocycles. The summed E-state index contributed by atoms with van der Waals surface area (Å²) in [4.78, 5) is 28.7. The van der Waals surface area contributed by atoms with Crippen LogP contribution in [0.15, 0.2) is 5.38 Å². The Balaban J connectivity index is 0.00000441. The minimum atomic E-state index is -1.25. The molecule has 8 heteroatoms. The number of hydrogen-bond donors (Lipinski definition) is 1. The van der Waals surface area contributed by atoms with Gasteiger partial charge in [-0.3, -0.25) is 0 Å². The van der Waals surface area contributed by atoms with Gasteiger partial charge in [0.1, 0.15) is 0 Å². The molecule has 1 rings (SSSR count). The second-order valence-electron chi connectivity index (χ2n) is 5.61. The number of amides is 2. The van der Waals surface area contributed by atoms with Crippen molar-refractivity contribution >= 4 is 23.3 Å². The average molecular weight is 319 g/mol. The summed E-state index contributed by atoms with van der Waals surface area (Å²) < 4.78 is 0. The van der Waals surface area contributed by atoms with E-state index in [1.165, 1.54) is 7.05 Å². The Morgan fingerprint density at radius 1 is 1.36 bits per heavy atom. The van der Waals surface area contributed by atoms with Crippen molar-refractivity contribution in [1.29, 1.82) is 0 Å². The molecule has 2 amide bonds.